The second-order valence-corrected chi connectivity index (χ2v) is 10.0. The fourth-order valence-corrected chi connectivity index (χ4v) is 6.27. The number of carbonyl (C=O) groups is 1. The van der Waals surface area contributed by atoms with Crippen LogP contribution in [0.15, 0.2) is 23.2 Å². The highest BCUT2D eigenvalue weighted by Crippen LogP contribution is 2.44. The first-order valence-electron chi connectivity index (χ1n) is 10.4. The van der Waals surface area contributed by atoms with Crippen molar-refractivity contribution in [2.45, 2.75) is 49.5 Å². The van der Waals surface area contributed by atoms with Crippen LogP contribution in [0.5, 0.6) is 11.5 Å². The number of aromatic nitrogens is 2. The fourth-order valence-electron chi connectivity index (χ4n) is 4.07. The molecule has 2 aliphatic carbocycles. The fraction of sp³-hybridized carbons (Fsp3) is 0.409. The maximum atomic E-state index is 12.6. The molecular formula is C22H21N3O3S2. The Morgan fingerprint density at radius 3 is 2.93 bits per heavy atom. The molecule has 6 rings (SSSR count). The van der Waals surface area contributed by atoms with E-state index in [0.29, 0.717) is 28.9 Å². The van der Waals surface area contributed by atoms with Crippen LogP contribution in [0.4, 0.5) is 5.69 Å². The third-order valence-corrected chi connectivity index (χ3v) is 7.90. The highest BCUT2D eigenvalue weighted by Gasteiger charge is 2.29. The van der Waals surface area contributed by atoms with Gasteiger partial charge in [-0.25, -0.2) is 9.97 Å². The molecule has 0 spiro atoms. The summed E-state index contributed by atoms with van der Waals surface area (Å²) in [6.07, 6.45) is 7.06. The van der Waals surface area contributed by atoms with E-state index < -0.39 is 0 Å². The zero-order chi connectivity index (χ0) is 20.1. The van der Waals surface area contributed by atoms with Crippen molar-refractivity contribution >= 4 is 44.9 Å². The number of thioether (sulfide) groups is 1. The topological polar surface area (TPSA) is 73.3 Å². The Bertz CT molecular complexity index is 1160. The number of nitrogens with one attached hydrogen (secondary N) is 1. The molecular weight excluding hydrogens is 418 g/mol. The molecule has 1 aromatic carbocycles. The van der Waals surface area contributed by atoms with Crippen LogP contribution in [-0.4, -0.2) is 28.4 Å². The predicted octanol–water partition coefficient (Wildman–Crippen LogP) is 4.91. The maximum absolute atomic E-state index is 12.6. The molecule has 1 N–H and O–H groups in total. The third-order valence-electron chi connectivity index (χ3n) is 5.74. The molecule has 30 heavy (non-hydrogen) atoms. The van der Waals surface area contributed by atoms with Crippen molar-refractivity contribution in [3.8, 4) is 11.5 Å². The van der Waals surface area contributed by atoms with Crippen LogP contribution in [0.25, 0.3) is 10.2 Å². The van der Waals surface area contributed by atoms with Crippen LogP contribution in [0, 0.1) is 0 Å². The molecule has 3 heterocycles. The number of anilines is 1. The Balaban J connectivity index is 1.24. The lowest BCUT2D eigenvalue weighted by atomic mass is 9.97. The highest BCUT2D eigenvalue weighted by atomic mass is 32.2. The second kappa shape index (κ2) is 7.42. The van der Waals surface area contributed by atoms with E-state index in [2.05, 4.69) is 5.32 Å². The normalized spacial score (nSPS) is 17.2. The predicted molar refractivity (Wildman–Crippen MR) is 118 cm³/mol. The first kappa shape index (κ1) is 18.4. The molecule has 2 aromatic heterocycles. The number of benzene rings is 1. The Morgan fingerprint density at radius 1 is 1.17 bits per heavy atom. The SMILES string of the molecule is O=C(CSc1nc(C2CC2)nc2sc3c(c12)CCCC3)Nc1ccc2c(c1)OCO2. The van der Waals surface area contributed by atoms with Crippen molar-refractivity contribution in [3.05, 3.63) is 34.5 Å². The van der Waals surface area contributed by atoms with Gasteiger partial charge in [-0.2, -0.15) is 0 Å². The molecule has 3 aromatic rings. The lowest BCUT2D eigenvalue weighted by Crippen LogP contribution is -2.14. The van der Waals surface area contributed by atoms with Crippen molar-refractivity contribution in [3.63, 3.8) is 0 Å². The van der Waals surface area contributed by atoms with Gasteiger partial charge in [-0.3, -0.25) is 4.79 Å². The van der Waals surface area contributed by atoms with E-state index in [1.54, 1.807) is 6.07 Å². The number of ether oxygens (including phenoxy) is 2. The Hall–Kier alpha value is -2.32. The van der Waals surface area contributed by atoms with Gasteiger partial charge in [-0.05, 0) is 56.2 Å². The Morgan fingerprint density at radius 2 is 2.03 bits per heavy atom. The van der Waals surface area contributed by atoms with Crippen LogP contribution < -0.4 is 14.8 Å². The summed E-state index contributed by atoms with van der Waals surface area (Å²) in [7, 11) is 0. The van der Waals surface area contributed by atoms with Crippen molar-refractivity contribution in [1.29, 1.82) is 0 Å². The highest BCUT2D eigenvalue weighted by molar-refractivity contribution is 8.00. The number of hydrogen-bond acceptors (Lipinski definition) is 7. The van der Waals surface area contributed by atoms with E-state index in [-0.39, 0.29) is 12.7 Å². The molecule has 8 heteroatoms. The first-order valence-corrected chi connectivity index (χ1v) is 12.2. The van der Waals surface area contributed by atoms with Crippen molar-refractivity contribution in [2.75, 3.05) is 17.9 Å². The molecule has 1 amide bonds. The summed E-state index contributed by atoms with van der Waals surface area (Å²) >= 11 is 3.36. The second-order valence-electron chi connectivity index (χ2n) is 7.96. The van der Waals surface area contributed by atoms with Gasteiger partial charge in [-0.1, -0.05) is 11.8 Å². The van der Waals surface area contributed by atoms with E-state index >= 15 is 0 Å². The number of fused-ring (bicyclic) bond motifs is 4. The van der Waals surface area contributed by atoms with Crippen LogP contribution in [-0.2, 0) is 17.6 Å². The van der Waals surface area contributed by atoms with Crippen LogP contribution in [0.3, 0.4) is 0 Å². The van der Waals surface area contributed by atoms with Gasteiger partial charge in [0.2, 0.25) is 12.7 Å². The Labute approximate surface area is 182 Å². The lowest BCUT2D eigenvalue weighted by molar-refractivity contribution is -0.113. The minimum atomic E-state index is -0.0531. The number of amides is 1. The smallest absolute Gasteiger partial charge is 0.234 e. The molecule has 0 saturated heterocycles. The molecule has 3 aliphatic rings. The van der Waals surface area contributed by atoms with Crippen molar-refractivity contribution in [1.82, 2.24) is 9.97 Å². The number of thiophene rings is 1. The molecule has 0 bridgehead atoms. The van der Waals surface area contributed by atoms with E-state index in [0.717, 1.165) is 28.5 Å². The zero-order valence-electron chi connectivity index (χ0n) is 16.4. The quantitative estimate of drug-likeness (QED) is 0.450. The average Bonchev–Trinajstić information content (AvgIpc) is 3.39. The van der Waals surface area contributed by atoms with Gasteiger partial charge in [-0.15, -0.1) is 11.3 Å². The van der Waals surface area contributed by atoms with Crippen LogP contribution in [0.2, 0.25) is 0 Å². The number of rotatable bonds is 5. The molecule has 0 unspecified atom stereocenters. The van der Waals surface area contributed by atoms with E-state index in [4.69, 9.17) is 19.4 Å². The first-order chi connectivity index (χ1) is 14.7. The Kier molecular flexibility index (Phi) is 4.57. The summed E-state index contributed by atoms with van der Waals surface area (Å²) in [6, 6.07) is 5.45. The third kappa shape index (κ3) is 3.41. The summed E-state index contributed by atoms with van der Waals surface area (Å²) in [5.41, 5.74) is 2.13. The summed E-state index contributed by atoms with van der Waals surface area (Å²) in [5.74, 6) is 3.09. The summed E-state index contributed by atoms with van der Waals surface area (Å²) < 4.78 is 10.7. The van der Waals surface area contributed by atoms with Crippen LogP contribution >= 0.6 is 23.1 Å². The van der Waals surface area contributed by atoms with E-state index in [1.165, 1.54) is 53.3 Å². The number of nitrogens with zero attached hydrogens (tertiary/aromatic N) is 2. The lowest BCUT2D eigenvalue weighted by Gasteiger charge is -2.12. The summed E-state index contributed by atoms with van der Waals surface area (Å²) in [6.45, 7) is 0.223. The largest absolute Gasteiger partial charge is 0.454 e. The van der Waals surface area contributed by atoms with Gasteiger partial charge >= 0.3 is 0 Å². The van der Waals surface area contributed by atoms with Gasteiger partial charge in [0.1, 0.15) is 15.7 Å². The standard InChI is InChI=1S/C22H21N3O3S2/c26-18(23-13-7-8-15-16(9-13)28-11-27-15)10-29-21-19-14-3-1-2-4-17(14)30-22(19)25-20(24-21)12-5-6-12/h7-9,12H,1-6,10-11H2,(H,23,26). The maximum Gasteiger partial charge on any atom is 0.234 e. The van der Waals surface area contributed by atoms with Gasteiger partial charge in [0, 0.05) is 27.9 Å². The molecule has 6 nitrogen and oxygen atoms in total. The van der Waals surface area contributed by atoms with Gasteiger partial charge < -0.3 is 14.8 Å². The molecule has 1 aliphatic heterocycles. The molecule has 0 atom stereocenters. The summed E-state index contributed by atoms with van der Waals surface area (Å²) in [5, 5.41) is 5.13. The van der Waals surface area contributed by atoms with Gasteiger partial charge in [0.05, 0.1) is 5.75 Å². The number of aryl methyl sites for hydroxylation is 2. The number of hydrogen-bond donors (Lipinski definition) is 1. The zero-order valence-corrected chi connectivity index (χ0v) is 18.0. The molecule has 154 valence electrons. The molecule has 0 radical (unpaired) electrons. The van der Waals surface area contributed by atoms with Gasteiger partial charge in [0.25, 0.3) is 0 Å². The van der Waals surface area contributed by atoms with E-state index in [9.17, 15) is 4.79 Å². The van der Waals surface area contributed by atoms with Crippen molar-refractivity contribution < 1.29 is 14.3 Å². The summed E-state index contributed by atoms with van der Waals surface area (Å²) in [4.78, 5) is 25.0. The minimum Gasteiger partial charge on any atom is -0.454 e. The van der Waals surface area contributed by atoms with Gasteiger partial charge in [0.15, 0.2) is 11.5 Å². The van der Waals surface area contributed by atoms with E-state index in [1.807, 2.05) is 23.5 Å². The molecule has 1 saturated carbocycles. The average molecular weight is 440 g/mol. The monoisotopic (exact) mass is 439 g/mol. The minimum absolute atomic E-state index is 0.0531. The van der Waals surface area contributed by atoms with Crippen LogP contribution in [0.1, 0.15) is 47.9 Å². The van der Waals surface area contributed by atoms with Crippen molar-refractivity contribution in [2.24, 2.45) is 0 Å². The molecule has 1 fully saturated rings. The number of carbonyl (C=O) groups excluding carboxylic acids is 1.